The number of ether oxygens (including phenoxy) is 3. The Morgan fingerprint density at radius 2 is 1.58 bits per heavy atom. The van der Waals surface area contributed by atoms with Gasteiger partial charge in [-0.15, -0.1) is 0 Å². The first kappa shape index (κ1) is 24.5. The van der Waals surface area contributed by atoms with Gasteiger partial charge in [0.05, 0.1) is 12.8 Å². The minimum absolute atomic E-state index is 0.168. The Morgan fingerprint density at radius 3 is 2.31 bits per heavy atom. The molecule has 1 fully saturated rings. The van der Waals surface area contributed by atoms with Gasteiger partial charge in [0.15, 0.2) is 11.5 Å². The van der Waals surface area contributed by atoms with Crippen LogP contribution in [0.15, 0.2) is 72.3 Å². The summed E-state index contributed by atoms with van der Waals surface area (Å²) in [5.41, 5.74) is 2.77. The monoisotopic (exact) mass is 486 g/mol. The Balaban J connectivity index is 1.48. The second kappa shape index (κ2) is 10.8. The predicted octanol–water partition coefficient (Wildman–Crippen LogP) is 4.44. The van der Waals surface area contributed by atoms with E-state index < -0.39 is 17.8 Å². The normalized spacial score (nSPS) is 14.6. The number of anilines is 1. The zero-order valence-electron chi connectivity index (χ0n) is 20.2. The lowest BCUT2D eigenvalue weighted by molar-refractivity contribution is -0.122. The number of barbiturate groups is 1. The molecule has 1 aliphatic rings. The summed E-state index contributed by atoms with van der Waals surface area (Å²) in [6.45, 7) is 4.49. The summed E-state index contributed by atoms with van der Waals surface area (Å²) in [4.78, 5) is 38.9. The number of rotatable bonds is 8. The first-order valence-electron chi connectivity index (χ1n) is 11.3. The van der Waals surface area contributed by atoms with Crippen LogP contribution in [0.25, 0.3) is 6.08 Å². The average Bonchev–Trinajstić information content (AvgIpc) is 2.86. The van der Waals surface area contributed by atoms with Crippen molar-refractivity contribution in [2.45, 2.75) is 13.8 Å². The molecule has 8 nitrogen and oxygen atoms in total. The molecule has 0 aliphatic carbocycles. The lowest BCUT2D eigenvalue weighted by Crippen LogP contribution is -2.54. The molecule has 1 N–H and O–H groups in total. The molecule has 3 aromatic carbocycles. The molecule has 4 amide bonds. The van der Waals surface area contributed by atoms with Crippen molar-refractivity contribution >= 4 is 29.6 Å². The third-order valence-corrected chi connectivity index (χ3v) is 5.49. The molecule has 184 valence electrons. The summed E-state index contributed by atoms with van der Waals surface area (Å²) in [6.07, 6.45) is 1.42. The summed E-state index contributed by atoms with van der Waals surface area (Å²) >= 11 is 0. The fourth-order valence-electron chi connectivity index (χ4n) is 3.66. The smallest absolute Gasteiger partial charge is 0.335 e. The standard InChI is InChI=1S/C28H26N2O6/c1-18-7-10-22(11-8-18)35-13-14-36-24-12-9-20(17-25(24)34-3)16-23-26(31)29-28(33)30(27(23)32)21-6-4-5-19(2)15-21/h4-12,15-17H,13-14H2,1-3H3,(H,29,31,33)/b23-16+. The summed E-state index contributed by atoms with van der Waals surface area (Å²) in [5, 5.41) is 2.23. The van der Waals surface area contributed by atoms with E-state index in [9.17, 15) is 14.4 Å². The van der Waals surface area contributed by atoms with Crippen LogP contribution in [0.3, 0.4) is 0 Å². The van der Waals surface area contributed by atoms with Gasteiger partial charge in [0, 0.05) is 0 Å². The summed E-state index contributed by atoms with van der Waals surface area (Å²) < 4.78 is 16.9. The number of amides is 4. The maximum absolute atomic E-state index is 13.1. The van der Waals surface area contributed by atoms with Gasteiger partial charge in [-0.25, -0.2) is 9.69 Å². The maximum atomic E-state index is 13.1. The van der Waals surface area contributed by atoms with Gasteiger partial charge in [0.2, 0.25) is 0 Å². The molecule has 8 heteroatoms. The average molecular weight is 487 g/mol. The van der Waals surface area contributed by atoms with Crippen LogP contribution in [0.2, 0.25) is 0 Å². The minimum Gasteiger partial charge on any atom is -0.493 e. The highest BCUT2D eigenvalue weighted by Gasteiger charge is 2.36. The fourth-order valence-corrected chi connectivity index (χ4v) is 3.66. The number of carbonyl (C=O) groups is 3. The highest BCUT2D eigenvalue weighted by molar-refractivity contribution is 6.39. The molecule has 36 heavy (non-hydrogen) atoms. The molecule has 1 saturated heterocycles. The van der Waals surface area contributed by atoms with Gasteiger partial charge in [-0.2, -0.15) is 0 Å². The van der Waals surface area contributed by atoms with Crippen molar-refractivity contribution < 1.29 is 28.6 Å². The molecule has 1 aliphatic heterocycles. The van der Waals surface area contributed by atoms with Gasteiger partial charge < -0.3 is 14.2 Å². The van der Waals surface area contributed by atoms with E-state index >= 15 is 0 Å². The Kier molecular flexibility index (Phi) is 7.34. The molecule has 0 atom stereocenters. The number of urea groups is 1. The second-order valence-corrected chi connectivity index (χ2v) is 8.22. The van der Waals surface area contributed by atoms with E-state index in [1.807, 2.05) is 44.2 Å². The van der Waals surface area contributed by atoms with E-state index in [1.165, 1.54) is 13.2 Å². The van der Waals surface area contributed by atoms with Crippen LogP contribution in [0.4, 0.5) is 10.5 Å². The third-order valence-electron chi connectivity index (χ3n) is 5.49. The van der Waals surface area contributed by atoms with Gasteiger partial charge >= 0.3 is 6.03 Å². The van der Waals surface area contributed by atoms with Crippen molar-refractivity contribution in [3.8, 4) is 17.2 Å². The van der Waals surface area contributed by atoms with Crippen LogP contribution in [0, 0.1) is 13.8 Å². The molecule has 0 radical (unpaired) electrons. The molecule has 1 heterocycles. The van der Waals surface area contributed by atoms with E-state index in [-0.39, 0.29) is 5.57 Å². The SMILES string of the molecule is COc1cc(/C=C2\C(=O)NC(=O)N(c3cccc(C)c3)C2=O)ccc1OCCOc1ccc(C)cc1. The number of hydrogen-bond donors (Lipinski definition) is 1. The third kappa shape index (κ3) is 5.55. The number of benzene rings is 3. The number of methoxy groups -OCH3 is 1. The highest BCUT2D eigenvalue weighted by Crippen LogP contribution is 2.30. The number of imide groups is 2. The number of carbonyl (C=O) groups excluding carboxylic acids is 3. The highest BCUT2D eigenvalue weighted by atomic mass is 16.5. The molecular weight excluding hydrogens is 460 g/mol. The Hall–Kier alpha value is -4.59. The van der Waals surface area contributed by atoms with Gasteiger partial charge in [-0.3, -0.25) is 14.9 Å². The van der Waals surface area contributed by atoms with Crippen LogP contribution in [-0.2, 0) is 9.59 Å². The van der Waals surface area contributed by atoms with E-state index in [0.29, 0.717) is 36.0 Å². The minimum atomic E-state index is -0.790. The molecule has 3 aromatic rings. The fraction of sp³-hybridized carbons (Fsp3) is 0.179. The molecule has 0 saturated carbocycles. The van der Waals surface area contributed by atoms with Crippen molar-refractivity contribution in [2.24, 2.45) is 0 Å². The van der Waals surface area contributed by atoms with Crippen LogP contribution in [0.1, 0.15) is 16.7 Å². The molecule has 0 aromatic heterocycles. The molecule has 0 spiro atoms. The number of nitrogens with one attached hydrogen (secondary N) is 1. The van der Waals surface area contributed by atoms with Crippen LogP contribution >= 0.6 is 0 Å². The van der Waals surface area contributed by atoms with Crippen LogP contribution < -0.4 is 24.4 Å². The lowest BCUT2D eigenvalue weighted by Gasteiger charge is -2.26. The topological polar surface area (TPSA) is 94.2 Å². The van der Waals surface area contributed by atoms with Crippen LogP contribution in [0.5, 0.6) is 17.2 Å². The summed E-state index contributed by atoms with van der Waals surface area (Å²) in [7, 11) is 1.50. The Labute approximate surface area is 209 Å². The van der Waals surface area contributed by atoms with Crippen molar-refractivity contribution in [3.05, 3.63) is 89.0 Å². The first-order chi connectivity index (χ1) is 17.4. The summed E-state index contributed by atoms with van der Waals surface area (Å²) in [6, 6.07) is 18.9. The van der Waals surface area contributed by atoms with E-state index in [0.717, 1.165) is 21.8 Å². The van der Waals surface area contributed by atoms with Crippen molar-refractivity contribution in [3.63, 3.8) is 0 Å². The van der Waals surface area contributed by atoms with Crippen molar-refractivity contribution in [2.75, 3.05) is 25.2 Å². The van der Waals surface area contributed by atoms with Gasteiger partial charge in [0.1, 0.15) is 24.5 Å². The quantitative estimate of drug-likeness (QED) is 0.288. The zero-order chi connectivity index (χ0) is 25.7. The Bertz CT molecular complexity index is 1330. The summed E-state index contributed by atoms with van der Waals surface area (Å²) in [5.74, 6) is 0.202. The number of hydrogen-bond acceptors (Lipinski definition) is 6. The van der Waals surface area contributed by atoms with E-state index in [1.54, 1.807) is 36.4 Å². The van der Waals surface area contributed by atoms with Gasteiger partial charge in [-0.05, 0) is 67.4 Å². The lowest BCUT2D eigenvalue weighted by atomic mass is 10.1. The van der Waals surface area contributed by atoms with Crippen molar-refractivity contribution in [1.29, 1.82) is 0 Å². The molecule has 0 unspecified atom stereocenters. The molecule has 4 rings (SSSR count). The van der Waals surface area contributed by atoms with Crippen molar-refractivity contribution in [1.82, 2.24) is 5.32 Å². The number of nitrogens with zero attached hydrogens (tertiary/aromatic N) is 1. The van der Waals surface area contributed by atoms with Crippen LogP contribution in [-0.4, -0.2) is 38.2 Å². The molecular formula is C28H26N2O6. The molecule has 0 bridgehead atoms. The van der Waals surface area contributed by atoms with E-state index in [2.05, 4.69) is 5.32 Å². The number of aryl methyl sites for hydroxylation is 2. The maximum Gasteiger partial charge on any atom is 0.335 e. The van der Waals surface area contributed by atoms with Gasteiger partial charge in [-0.1, -0.05) is 35.9 Å². The predicted molar refractivity (Wildman–Crippen MR) is 135 cm³/mol. The first-order valence-corrected chi connectivity index (χ1v) is 11.3. The second-order valence-electron chi connectivity index (χ2n) is 8.22. The zero-order valence-corrected chi connectivity index (χ0v) is 20.2. The largest absolute Gasteiger partial charge is 0.493 e. The van der Waals surface area contributed by atoms with E-state index in [4.69, 9.17) is 14.2 Å². The Morgan fingerprint density at radius 1 is 0.833 bits per heavy atom. The van der Waals surface area contributed by atoms with Gasteiger partial charge in [0.25, 0.3) is 11.8 Å².